The van der Waals surface area contributed by atoms with Crippen molar-refractivity contribution in [2.45, 2.75) is 71.5 Å². The fraction of sp³-hybridized carbons (Fsp3) is 0.480. The topological polar surface area (TPSA) is 76.1 Å². The highest BCUT2D eigenvalue weighted by molar-refractivity contribution is 7.54. The maximum atomic E-state index is 13.5. The summed E-state index contributed by atoms with van der Waals surface area (Å²) in [5, 5.41) is 10.2. The second-order valence-electron chi connectivity index (χ2n) is 8.52. The molecular weight excluding hydrogens is 425 g/mol. The third-order valence-electron chi connectivity index (χ3n) is 4.97. The summed E-state index contributed by atoms with van der Waals surface area (Å²) in [5.41, 5.74) is 1.16. The van der Waals surface area contributed by atoms with Crippen molar-refractivity contribution in [2.24, 2.45) is 0 Å². The van der Waals surface area contributed by atoms with Gasteiger partial charge in [-0.2, -0.15) is 0 Å². The lowest BCUT2D eigenvalue weighted by Crippen LogP contribution is -2.38. The second kappa shape index (κ2) is 12.3. The number of carbonyl (C=O) groups excluding carboxylic acids is 1. The number of aliphatic hydroxyl groups excluding tert-OH is 1. The van der Waals surface area contributed by atoms with E-state index in [1.807, 2.05) is 60.7 Å². The van der Waals surface area contributed by atoms with E-state index in [4.69, 9.17) is 9.05 Å². The lowest BCUT2D eigenvalue weighted by Gasteiger charge is -2.33. The molecule has 0 fully saturated rings. The van der Waals surface area contributed by atoms with Crippen molar-refractivity contribution in [1.29, 1.82) is 0 Å². The molecule has 2 rings (SSSR count). The highest BCUT2D eigenvalue weighted by Gasteiger charge is 2.38. The molecule has 0 aromatic heterocycles. The molecule has 7 heteroatoms. The quantitative estimate of drug-likeness (QED) is 0.418. The molecule has 0 saturated carbocycles. The van der Waals surface area contributed by atoms with Gasteiger partial charge in [-0.15, -0.1) is 0 Å². The van der Waals surface area contributed by atoms with Crippen molar-refractivity contribution < 1.29 is 23.5 Å². The molecule has 0 aliphatic rings. The Kier molecular flexibility index (Phi) is 10.1. The predicted molar refractivity (Wildman–Crippen MR) is 127 cm³/mol. The largest absolute Gasteiger partial charge is 0.394 e. The number of nitrogens with zero attached hydrogens (tertiary/aromatic N) is 1. The second-order valence-corrected chi connectivity index (χ2v) is 10.9. The highest BCUT2D eigenvalue weighted by Crippen LogP contribution is 2.56. The minimum atomic E-state index is -3.52. The molecule has 0 aliphatic carbocycles. The van der Waals surface area contributed by atoms with Gasteiger partial charge in [0.15, 0.2) is 0 Å². The van der Waals surface area contributed by atoms with E-state index < -0.39 is 19.3 Å². The van der Waals surface area contributed by atoms with Crippen LogP contribution in [0.1, 0.15) is 58.2 Å². The van der Waals surface area contributed by atoms with Crippen LogP contribution < -0.4 is 0 Å². The molecule has 2 aromatic rings. The van der Waals surface area contributed by atoms with E-state index >= 15 is 0 Å². The number of hydrogen-bond donors (Lipinski definition) is 1. The van der Waals surface area contributed by atoms with Crippen molar-refractivity contribution in [3.05, 3.63) is 71.8 Å². The number of hydrogen-bond acceptors (Lipinski definition) is 5. The molecule has 32 heavy (non-hydrogen) atoms. The lowest BCUT2D eigenvalue weighted by molar-refractivity contribution is -0.135. The summed E-state index contributed by atoms with van der Waals surface area (Å²) >= 11 is 0. The van der Waals surface area contributed by atoms with Gasteiger partial charge in [-0.3, -0.25) is 9.36 Å². The number of amides is 1. The molecule has 0 radical (unpaired) electrons. The lowest BCUT2D eigenvalue weighted by atomic mass is 10.0. The molecule has 0 spiro atoms. The average Bonchev–Trinajstić information content (AvgIpc) is 2.73. The van der Waals surface area contributed by atoms with Crippen molar-refractivity contribution in [1.82, 2.24) is 4.90 Å². The van der Waals surface area contributed by atoms with Crippen LogP contribution >= 0.6 is 7.60 Å². The first-order chi connectivity index (χ1) is 15.2. The summed E-state index contributed by atoms with van der Waals surface area (Å²) in [6.45, 7) is 9.01. The molecule has 2 atom stereocenters. The van der Waals surface area contributed by atoms with Crippen LogP contribution in [0.3, 0.4) is 0 Å². The first-order valence-electron chi connectivity index (χ1n) is 11.1. The monoisotopic (exact) mass is 461 g/mol. The minimum absolute atomic E-state index is 0.0209. The molecule has 0 saturated heterocycles. The van der Waals surface area contributed by atoms with Gasteiger partial charge in [-0.25, -0.2) is 0 Å². The maximum Gasteiger partial charge on any atom is 0.334 e. The zero-order chi connectivity index (χ0) is 23.7. The smallest absolute Gasteiger partial charge is 0.334 e. The van der Waals surface area contributed by atoms with E-state index in [-0.39, 0.29) is 31.1 Å². The van der Waals surface area contributed by atoms with Gasteiger partial charge in [0.2, 0.25) is 5.91 Å². The van der Waals surface area contributed by atoms with E-state index in [2.05, 4.69) is 0 Å². The normalized spacial score (nSPS) is 13.9. The van der Waals surface area contributed by atoms with Gasteiger partial charge in [-0.1, -0.05) is 67.6 Å². The van der Waals surface area contributed by atoms with Gasteiger partial charge >= 0.3 is 7.60 Å². The Bertz CT molecular complexity index is 858. The number of carbonyl (C=O) groups is 1. The fourth-order valence-electron chi connectivity index (χ4n) is 3.51. The molecular formula is C25H36NO5P. The molecule has 1 amide bonds. The molecule has 0 aliphatic heterocycles. The maximum absolute atomic E-state index is 13.5. The SMILES string of the molecule is CC(C)OP(=O)(OC(C)C)C(C)CC(=O)N(Cc1ccccc1)C(CO)c1ccccc1. The number of aliphatic hydroxyl groups is 1. The molecule has 2 aromatic carbocycles. The van der Waals surface area contributed by atoms with Crippen molar-refractivity contribution in [3.8, 4) is 0 Å². The van der Waals surface area contributed by atoms with Crippen LogP contribution in [0.2, 0.25) is 0 Å². The van der Waals surface area contributed by atoms with Crippen LogP contribution in [0.5, 0.6) is 0 Å². The molecule has 6 nitrogen and oxygen atoms in total. The first-order valence-corrected chi connectivity index (χ1v) is 12.7. The van der Waals surface area contributed by atoms with E-state index in [9.17, 15) is 14.5 Å². The van der Waals surface area contributed by atoms with Gasteiger partial charge < -0.3 is 19.1 Å². The Morgan fingerprint density at radius 1 is 0.906 bits per heavy atom. The molecule has 0 bridgehead atoms. The van der Waals surface area contributed by atoms with E-state index in [1.54, 1.807) is 39.5 Å². The standard InChI is InChI=1S/C25H36NO5P/c1-19(2)30-32(29,31-20(3)4)21(5)16-25(28)26(17-22-12-8-6-9-13-22)24(18-27)23-14-10-7-11-15-23/h6-15,19-21,24,27H,16-18H2,1-5H3. The van der Waals surface area contributed by atoms with Crippen LogP contribution in [-0.2, 0) is 25.0 Å². The van der Waals surface area contributed by atoms with Crippen molar-refractivity contribution in [2.75, 3.05) is 6.61 Å². The summed E-state index contributed by atoms with van der Waals surface area (Å²) in [4.78, 5) is 15.2. The van der Waals surface area contributed by atoms with Crippen LogP contribution in [0.25, 0.3) is 0 Å². The Hall–Kier alpha value is -1.98. The minimum Gasteiger partial charge on any atom is -0.394 e. The Morgan fingerprint density at radius 3 is 1.88 bits per heavy atom. The Labute approximate surface area is 192 Å². The summed E-state index contributed by atoms with van der Waals surface area (Å²) in [5.74, 6) is -0.218. The van der Waals surface area contributed by atoms with Crippen LogP contribution in [0.15, 0.2) is 60.7 Å². The molecule has 2 unspecified atom stereocenters. The Balaban J connectivity index is 2.33. The van der Waals surface area contributed by atoms with Gasteiger partial charge in [0.05, 0.1) is 30.5 Å². The van der Waals surface area contributed by atoms with E-state index in [1.165, 1.54) is 0 Å². The molecule has 0 heterocycles. The predicted octanol–water partition coefficient (Wildman–Crippen LogP) is 5.57. The first kappa shape index (κ1) is 26.3. The van der Waals surface area contributed by atoms with Crippen molar-refractivity contribution in [3.63, 3.8) is 0 Å². The van der Waals surface area contributed by atoms with Crippen LogP contribution in [-0.4, -0.2) is 40.4 Å². The zero-order valence-electron chi connectivity index (χ0n) is 19.7. The van der Waals surface area contributed by atoms with Gasteiger partial charge in [0.1, 0.15) is 0 Å². The fourth-order valence-corrected chi connectivity index (χ4v) is 5.53. The van der Waals surface area contributed by atoms with Gasteiger partial charge in [0.25, 0.3) is 0 Å². The summed E-state index contributed by atoms with van der Waals surface area (Å²) in [6, 6.07) is 18.6. The summed E-state index contributed by atoms with van der Waals surface area (Å²) < 4.78 is 24.9. The third-order valence-corrected chi connectivity index (χ3v) is 7.67. The highest BCUT2D eigenvalue weighted by atomic mass is 31.2. The van der Waals surface area contributed by atoms with E-state index in [0.717, 1.165) is 11.1 Å². The number of rotatable bonds is 12. The number of benzene rings is 2. The summed E-state index contributed by atoms with van der Waals surface area (Å²) in [7, 11) is -3.52. The average molecular weight is 462 g/mol. The van der Waals surface area contributed by atoms with Crippen molar-refractivity contribution >= 4 is 13.5 Å². The van der Waals surface area contributed by atoms with E-state index in [0.29, 0.717) is 6.54 Å². The van der Waals surface area contributed by atoms with Crippen LogP contribution in [0, 0.1) is 0 Å². The molecule has 1 N–H and O–H groups in total. The summed E-state index contributed by atoms with van der Waals surface area (Å²) in [6.07, 6.45) is -0.619. The van der Waals surface area contributed by atoms with Gasteiger partial charge in [-0.05, 0) is 38.8 Å². The third kappa shape index (κ3) is 7.56. The van der Waals surface area contributed by atoms with Gasteiger partial charge in [0, 0.05) is 13.0 Å². The Morgan fingerprint density at radius 2 is 1.41 bits per heavy atom. The molecule has 176 valence electrons. The van der Waals surface area contributed by atoms with Crippen LogP contribution in [0.4, 0.5) is 0 Å². The zero-order valence-corrected chi connectivity index (χ0v) is 20.6.